The standard InChI is InChI=1S/C15H17N3O3/c16-10-6-9(3-4-11(10)18(20)21)15(19)17-14-12-7-1-2-8(5-7)13(12)14/h3-4,6-8,12-14H,1-2,5,16H2,(H,17,19). The molecule has 4 rings (SSSR count). The number of carbonyl (C=O) groups is 1. The van der Waals surface area contributed by atoms with Gasteiger partial charge in [0.25, 0.3) is 11.6 Å². The zero-order valence-corrected chi connectivity index (χ0v) is 11.5. The number of nitrogens with two attached hydrogens (primary N) is 1. The summed E-state index contributed by atoms with van der Waals surface area (Å²) in [6, 6.07) is 4.46. The van der Waals surface area contributed by atoms with Gasteiger partial charge in [0.1, 0.15) is 5.69 Å². The molecule has 3 aliphatic carbocycles. The van der Waals surface area contributed by atoms with Crippen LogP contribution in [0.1, 0.15) is 29.6 Å². The molecule has 0 aromatic heterocycles. The SMILES string of the molecule is Nc1cc(C(=O)NC2C3C4CCC(C4)C23)ccc1[N+](=O)[O-]. The number of fused-ring (bicyclic) bond motifs is 5. The number of rotatable bonds is 3. The lowest BCUT2D eigenvalue weighted by molar-refractivity contribution is -0.383. The minimum absolute atomic E-state index is 0.0312. The molecule has 1 aromatic rings. The first kappa shape index (κ1) is 12.6. The van der Waals surface area contributed by atoms with Gasteiger partial charge in [-0.15, -0.1) is 0 Å². The first-order valence-electron chi connectivity index (χ1n) is 7.41. The minimum atomic E-state index is -0.542. The van der Waals surface area contributed by atoms with E-state index in [1.807, 2.05) is 0 Å². The van der Waals surface area contributed by atoms with Gasteiger partial charge in [0, 0.05) is 17.7 Å². The second-order valence-electron chi connectivity index (χ2n) is 6.52. The predicted octanol–water partition coefficient (Wildman–Crippen LogP) is 1.95. The molecule has 3 N–H and O–H groups in total. The van der Waals surface area contributed by atoms with E-state index in [0.29, 0.717) is 23.4 Å². The third kappa shape index (κ3) is 1.81. The van der Waals surface area contributed by atoms with Crippen molar-refractivity contribution in [3.8, 4) is 0 Å². The zero-order chi connectivity index (χ0) is 14.7. The van der Waals surface area contributed by atoms with Crippen molar-refractivity contribution in [3.05, 3.63) is 33.9 Å². The number of anilines is 1. The van der Waals surface area contributed by atoms with Crippen LogP contribution < -0.4 is 11.1 Å². The lowest BCUT2D eigenvalue weighted by Gasteiger charge is -2.11. The summed E-state index contributed by atoms with van der Waals surface area (Å²) in [5, 5.41) is 13.8. The number of nitro benzene ring substituents is 1. The molecule has 0 heterocycles. The third-order valence-corrected chi connectivity index (χ3v) is 5.52. The average molecular weight is 287 g/mol. The van der Waals surface area contributed by atoms with E-state index in [0.717, 1.165) is 11.8 Å². The van der Waals surface area contributed by atoms with Crippen molar-refractivity contribution in [2.45, 2.75) is 25.3 Å². The Morgan fingerprint density at radius 2 is 1.95 bits per heavy atom. The van der Waals surface area contributed by atoms with Crippen LogP contribution in [-0.2, 0) is 0 Å². The van der Waals surface area contributed by atoms with E-state index in [4.69, 9.17) is 5.73 Å². The average Bonchev–Trinajstić information content (AvgIpc) is 2.83. The van der Waals surface area contributed by atoms with Crippen LogP contribution in [0.15, 0.2) is 18.2 Å². The van der Waals surface area contributed by atoms with Gasteiger partial charge in [0.05, 0.1) is 4.92 Å². The Kier molecular flexibility index (Phi) is 2.52. The molecule has 21 heavy (non-hydrogen) atoms. The number of carbonyl (C=O) groups excluding carboxylic acids is 1. The summed E-state index contributed by atoms with van der Waals surface area (Å²) in [4.78, 5) is 22.4. The van der Waals surface area contributed by atoms with Gasteiger partial charge in [-0.25, -0.2) is 0 Å². The summed E-state index contributed by atoms with van der Waals surface area (Å²) in [6.07, 6.45) is 3.96. The number of nitrogen functional groups attached to an aromatic ring is 1. The Hall–Kier alpha value is -2.11. The van der Waals surface area contributed by atoms with E-state index < -0.39 is 4.92 Å². The third-order valence-electron chi connectivity index (χ3n) is 5.52. The first-order chi connectivity index (χ1) is 10.1. The van der Waals surface area contributed by atoms with Gasteiger partial charge in [0.15, 0.2) is 0 Å². The molecule has 3 saturated carbocycles. The normalized spacial score (nSPS) is 35.3. The van der Waals surface area contributed by atoms with E-state index in [-0.39, 0.29) is 17.3 Å². The van der Waals surface area contributed by atoms with Crippen LogP contribution in [0.5, 0.6) is 0 Å². The van der Waals surface area contributed by atoms with E-state index in [2.05, 4.69) is 5.32 Å². The topological polar surface area (TPSA) is 98.3 Å². The monoisotopic (exact) mass is 287 g/mol. The molecule has 1 amide bonds. The molecular weight excluding hydrogens is 270 g/mol. The summed E-state index contributed by atoms with van der Waals surface area (Å²) < 4.78 is 0. The van der Waals surface area contributed by atoms with Gasteiger partial charge in [-0.1, -0.05) is 0 Å². The maximum absolute atomic E-state index is 12.3. The van der Waals surface area contributed by atoms with E-state index in [1.54, 1.807) is 0 Å². The lowest BCUT2D eigenvalue weighted by atomic mass is 10.0. The Bertz CT molecular complexity index is 629. The number of amides is 1. The molecule has 0 radical (unpaired) electrons. The molecule has 4 atom stereocenters. The van der Waals surface area contributed by atoms with Crippen LogP contribution >= 0.6 is 0 Å². The van der Waals surface area contributed by atoms with E-state index in [1.165, 1.54) is 37.5 Å². The quantitative estimate of drug-likeness (QED) is 0.504. The summed E-state index contributed by atoms with van der Waals surface area (Å²) in [6.45, 7) is 0. The van der Waals surface area contributed by atoms with Crippen molar-refractivity contribution in [1.29, 1.82) is 0 Å². The Morgan fingerprint density at radius 3 is 2.52 bits per heavy atom. The van der Waals surface area contributed by atoms with Crippen molar-refractivity contribution >= 4 is 17.3 Å². The van der Waals surface area contributed by atoms with Gasteiger partial charge in [0.2, 0.25) is 0 Å². The fraction of sp³-hybridized carbons (Fsp3) is 0.533. The highest BCUT2D eigenvalue weighted by molar-refractivity contribution is 5.96. The molecule has 6 heteroatoms. The van der Waals surface area contributed by atoms with Crippen LogP contribution in [0.25, 0.3) is 0 Å². The summed E-state index contributed by atoms with van der Waals surface area (Å²) in [7, 11) is 0. The minimum Gasteiger partial charge on any atom is -0.393 e. The second-order valence-corrected chi connectivity index (χ2v) is 6.52. The van der Waals surface area contributed by atoms with Crippen molar-refractivity contribution in [1.82, 2.24) is 5.32 Å². The number of benzene rings is 1. The van der Waals surface area contributed by atoms with Crippen LogP contribution in [0.4, 0.5) is 11.4 Å². The number of hydrogen-bond donors (Lipinski definition) is 2. The Labute approximate surface area is 121 Å². The van der Waals surface area contributed by atoms with Crippen molar-refractivity contribution in [2.75, 3.05) is 5.73 Å². The largest absolute Gasteiger partial charge is 0.393 e. The van der Waals surface area contributed by atoms with Crippen molar-refractivity contribution in [2.24, 2.45) is 23.7 Å². The highest BCUT2D eigenvalue weighted by Gasteiger charge is 2.65. The first-order valence-corrected chi connectivity index (χ1v) is 7.41. The van der Waals surface area contributed by atoms with Crippen molar-refractivity contribution < 1.29 is 9.72 Å². The van der Waals surface area contributed by atoms with Crippen molar-refractivity contribution in [3.63, 3.8) is 0 Å². The van der Waals surface area contributed by atoms with E-state index >= 15 is 0 Å². The molecule has 1 aromatic carbocycles. The molecule has 110 valence electrons. The van der Waals surface area contributed by atoms with Crippen LogP contribution in [0, 0.1) is 33.8 Å². The zero-order valence-electron chi connectivity index (χ0n) is 11.5. The summed E-state index contributed by atoms with van der Waals surface area (Å²) >= 11 is 0. The van der Waals surface area contributed by atoms with Gasteiger partial charge < -0.3 is 11.1 Å². The Morgan fingerprint density at radius 1 is 1.29 bits per heavy atom. The van der Waals surface area contributed by atoms with Gasteiger partial charge >= 0.3 is 0 Å². The maximum atomic E-state index is 12.3. The molecule has 0 spiro atoms. The fourth-order valence-electron chi connectivity index (χ4n) is 4.62. The number of nitro groups is 1. The Balaban J connectivity index is 1.47. The highest BCUT2D eigenvalue weighted by Crippen LogP contribution is 2.65. The molecule has 3 aliphatic rings. The number of nitrogens with one attached hydrogen (secondary N) is 1. The fourth-order valence-corrected chi connectivity index (χ4v) is 4.62. The molecule has 2 bridgehead atoms. The van der Waals surface area contributed by atoms with Gasteiger partial charge in [-0.05, 0) is 55.1 Å². The highest BCUT2D eigenvalue weighted by atomic mass is 16.6. The predicted molar refractivity (Wildman–Crippen MR) is 76.6 cm³/mol. The summed E-state index contributed by atoms with van der Waals surface area (Å²) in [5.41, 5.74) is 5.90. The molecule has 4 unspecified atom stereocenters. The van der Waals surface area contributed by atoms with Gasteiger partial charge in [-0.3, -0.25) is 14.9 Å². The van der Waals surface area contributed by atoms with Crippen LogP contribution in [0.3, 0.4) is 0 Å². The van der Waals surface area contributed by atoms with Gasteiger partial charge in [-0.2, -0.15) is 0 Å². The smallest absolute Gasteiger partial charge is 0.292 e. The molecule has 6 nitrogen and oxygen atoms in total. The maximum Gasteiger partial charge on any atom is 0.292 e. The second kappa shape index (κ2) is 4.19. The summed E-state index contributed by atoms with van der Waals surface area (Å²) in [5.74, 6) is 2.76. The molecule has 0 saturated heterocycles. The lowest BCUT2D eigenvalue weighted by Crippen LogP contribution is -2.30. The van der Waals surface area contributed by atoms with Crippen LogP contribution in [0.2, 0.25) is 0 Å². The molecule has 0 aliphatic heterocycles. The number of nitrogens with zero attached hydrogens (tertiary/aromatic N) is 1. The van der Waals surface area contributed by atoms with E-state index in [9.17, 15) is 14.9 Å². The van der Waals surface area contributed by atoms with Crippen LogP contribution in [-0.4, -0.2) is 16.9 Å². The molecule has 3 fully saturated rings. The molecular formula is C15H17N3O3. The number of hydrogen-bond acceptors (Lipinski definition) is 4.